The molecule has 0 amide bonds. The number of nitro benzene ring substituents is 1. The molecule has 6 nitrogen and oxygen atoms in total. The molecule has 1 atom stereocenters. The minimum absolute atomic E-state index is 0.0224. The number of nitrogens with zero attached hydrogens (tertiary/aromatic N) is 1. The van der Waals surface area contributed by atoms with Crippen molar-refractivity contribution in [3.63, 3.8) is 0 Å². The van der Waals surface area contributed by atoms with Gasteiger partial charge >= 0.3 is 5.97 Å². The van der Waals surface area contributed by atoms with E-state index in [1.165, 1.54) is 19.1 Å². The number of hydrogen-bond donors (Lipinski definition) is 1. The van der Waals surface area contributed by atoms with E-state index in [1.807, 2.05) is 0 Å². The van der Waals surface area contributed by atoms with Gasteiger partial charge in [-0.05, 0) is 13.0 Å². The average Bonchev–Trinajstić information content (AvgIpc) is 2.20. The van der Waals surface area contributed by atoms with Crippen LogP contribution in [0, 0.1) is 10.1 Å². The number of hydrogen-bond acceptors (Lipinski definition) is 4. The Morgan fingerprint density at radius 1 is 1.62 bits per heavy atom. The third-order valence-electron chi connectivity index (χ3n) is 1.78. The highest BCUT2D eigenvalue weighted by Crippen LogP contribution is 2.29. The van der Waals surface area contributed by atoms with Gasteiger partial charge in [-0.1, -0.05) is 11.6 Å². The molecule has 1 N–H and O–H groups in total. The fourth-order valence-electron chi connectivity index (χ4n) is 0.937. The molecule has 1 aromatic rings. The van der Waals surface area contributed by atoms with Crippen LogP contribution in [0.2, 0.25) is 5.02 Å². The number of benzene rings is 1. The molecular formula is C9H8ClNO5. The van der Waals surface area contributed by atoms with Crippen LogP contribution in [0.3, 0.4) is 0 Å². The number of halogens is 1. The van der Waals surface area contributed by atoms with Gasteiger partial charge in [0.1, 0.15) is 5.75 Å². The lowest BCUT2D eigenvalue weighted by Gasteiger charge is -2.11. The van der Waals surface area contributed by atoms with Crippen LogP contribution in [-0.4, -0.2) is 22.1 Å². The first-order valence-electron chi connectivity index (χ1n) is 4.25. The Balaban J connectivity index is 2.98. The summed E-state index contributed by atoms with van der Waals surface area (Å²) in [6, 6.07) is 3.58. The van der Waals surface area contributed by atoms with Crippen molar-refractivity contribution in [2.75, 3.05) is 0 Å². The molecule has 16 heavy (non-hydrogen) atoms. The predicted molar refractivity (Wildman–Crippen MR) is 55.8 cm³/mol. The maximum Gasteiger partial charge on any atom is 0.344 e. The second-order valence-corrected chi connectivity index (χ2v) is 3.38. The third kappa shape index (κ3) is 2.83. The molecule has 7 heteroatoms. The minimum atomic E-state index is -1.18. The quantitative estimate of drug-likeness (QED) is 0.648. The Morgan fingerprint density at radius 2 is 2.25 bits per heavy atom. The molecule has 1 rings (SSSR count). The van der Waals surface area contributed by atoms with Gasteiger partial charge < -0.3 is 9.84 Å². The van der Waals surface area contributed by atoms with Crippen molar-refractivity contribution in [1.82, 2.24) is 0 Å². The molecule has 0 spiro atoms. The Labute approximate surface area is 95.6 Å². The molecule has 0 aliphatic carbocycles. The van der Waals surface area contributed by atoms with Crippen LogP contribution < -0.4 is 4.74 Å². The van der Waals surface area contributed by atoms with Crippen LogP contribution in [-0.2, 0) is 4.79 Å². The summed E-state index contributed by atoms with van der Waals surface area (Å²) in [5, 5.41) is 19.2. The van der Waals surface area contributed by atoms with Gasteiger partial charge in [-0.3, -0.25) is 10.1 Å². The van der Waals surface area contributed by atoms with E-state index in [1.54, 1.807) is 0 Å². The Bertz CT molecular complexity index is 434. The maximum absolute atomic E-state index is 10.5. The SMILES string of the molecule is C[C@H](Oc1cc([N+](=O)[O-])ccc1Cl)C(=O)O. The van der Waals surface area contributed by atoms with Crippen LogP contribution in [0.4, 0.5) is 5.69 Å². The standard InChI is InChI=1S/C9H8ClNO5/c1-5(9(12)13)16-8-4-6(11(14)15)2-3-7(8)10/h2-5H,1H3,(H,12,13)/t5-/m0/s1. The lowest BCUT2D eigenvalue weighted by molar-refractivity contribution is -0.384. The lowest BCUT2D eigenvalue weighted by Crippen LogP contribution is -2.23. The molecule has 0 fully saturated rings. The van der Waals surface area contributed by atoms with E-state index in [0.717, 1.165) is 6.07 Å². The van der Waals surface area contributed by atoms with Gasteiger partial charge in [0.2, 0.25) is 0 Å². The van der Waals surface area contributed by atoms with Crippen molar-refractivity contribution in [3.05, 3.63) is 33.3 Å². The van der Waals surface area contributed by atoms with E-state index in [9.17, 15) is 14.9 Å². The molecule has 0 aliphatic heterocycles. The van der Waals surface area contributed by atoms with E-state index >= 15 is 0 Å². The van der Waals surface area contributed by atoms with E-state index < -0.39 is 17.0 Å². The van der Waals surface area contributed by atoms with E-state index in [-0.39, 0.29) is 16.5 Å². The van der Waals surface area contributed by atoms with Gasteiger partial charge in [0, 0.05) is 6.07 Å². The number of carbonyl (C=O) groups is 1. The first-order valence-corrected chi connectivity index (χ1v) is 4.63. The summed E-state index contributed by atoms with van der Waals surface area (Å²) >= 11 is 5.71. The maximum atomic E-state index is 10.5. The van der Waals surface area contributed by atoms with Gasteiger partial charge in [-0.15, -0.1) is 0 Å². The summed E-state index contributed by atoms with van der Waals surface area (Å²) in [7, 11) is 0. The number of non-ortho nitro benzene ring substituents is 1. The molecule has 86 valence electrons. The topological polar surface area (TPSA) is 89.7 Å². The highest BCUT2D eigenvalue weighted by atomic mass is 35.5. The van der Waals surface area contributed by atoms with Crippen LogP contribution in [0.15, 0.2) is 18.2 Å². The van der Waals surface area contributed by atoms with Crippen LogP contribution in [0.25, 0.3) is 0 Å². The molecule has 1 aromatic carbocycles. The normalized spacial score (nSPS) is 11.9. The summed E-state index contributed by atoms with van der Waals surface area (Å²) in [5.41, 5.74) is -0.211. The zero-order valence-corrected chi connectivity index (χ0v) is 8.97. The van der Waals surface area contributed by atoms with Gasteiger partial charge in [0.25, 0.3) is 5.69 Å². The highest BCUT2D eigenvalue weighted by molar-refractivity contribution is 6.32. The van der Waals surface area contributed by atoms with Crippen molar-refractivity contribution < 1.29 is 19.6 Å². The van der Waals surface area contributed by atoms with Gasteiger partial charge in [0.15, 0.2) is 6.10 Å². The second-order valence-electron chi connectivity index (χ2n) is 2.97. The zero-order valence-electron chi connectivity index (χ0n) is 8.21. The minimum Gasteiger partial charge on any atom is -0.479 e. The summed E-state index contributed by atoms with van der Waals surface area (Å²) in [6.45, 7) is 1.30. The molecule has 0 unspecified atom stereocenters. The van der Waals surface area contributed by atoms with Gasteiger partial charge in [-0.2, -0.15) is 0 Å². The summed E-state index contributed by atoms with van der Waals surface area (Å²) in [4.78, 5) is 20.4. The van der Waals surface area contributed by atoms with Gasteiger partial charge in [0.05, 0.1) is 16.0 Å². The number of nitro groups is 1. The number of rotatable bonds is 4. The molecule has 0 aromatic heterocycles. The van der Waals surface area contributed by atoms with Crippen LogP contribution in [0.1, 0.15) is 6.92 Å². The van der Waals surface area contributed by atoms with E-state index in [4.69, 9.17) is 21.4 Å². The number of carboxylic acid groups (broad SMARTS) is 1. The summed E-state index contributed by atoms with van der Waals surface area (Å²) < 4.78 is 4.96. The Hall–Kier alpha value is -1.82. The fraction of sp³-hybridized carbons (Fsp3) is 0.222. The van der Waals surface area contributed by atoms with Crippen LogP contribution >= 0.6 is 11.6 Å². The molecule has 0 radical (unpaired) electrons. The molecule has 0 saturated heterocycles. The van der Waals surface area contributed by atoms with Crippen molar-refractivity contribution in [1.29, 1.82) is 0 Å². The number of aliphatic carboxylic acids is 1. The monoisotopic (exact) mass is 245 g/mol. The molecule has 0 saturated carbocycles. The van der Waals surface area contributed by atoms with Crippen molar-refractivity contribution in [2.45, 2.75) is 13.0 Å². The van der Waals surface area contributed by atoms with Gasteiger partial charge in [-0.25, -0.2) is 4.79 Å². The molecular weight excluding hydrogens is 238 g/mol. The number of ether oxygens (including phenoxy) is 1. The van der Waals surface area contributed by atoms with Crippen molar-refractivity contribution >= 4 is 23.3 Å². The van der Waals surface area contributed by atoms with Crippen molar-refractivity contribution in [3.8, 4) is 5.75 Å². The lowest BCUT2D eigenvalue weighted by atomic mass is 10.3. The van der Waals surface area contributed by atoms with E-state index in [2.05, 4.69) is 0 Å². The summed E-state index contributed by atoms with van der Waals surface area (Å²) in [5.74, 6) is -1.20. The smallest absolute Gasteiger partial charge is 0.344 e. The Morgan fingerprint density at radius 3 is 2.75 bits per heavy atom. The third-order valence-corrected chi connectivity index (χ3v) is 2.09. The molecule has 0 heterocycles. The van der Waals surface area contributed by atoms with Crippen molar-refractivity contribution in [2.24, 2.45) is 0 Å². The van der Waals surface area contributed by atoms with Crippen LogP contribution in [0.5, 0.6) is 5.75 Å². The molecule has 0 aliphatic rings. The van der Waals surface area contributed by atoms with E-state index in [0.29, 0.717) is 0 Å². The first-order chi connectivity index (χ1) is 7.41. The Kier molecular flexibility index (Phi) is 3.68. The molecule has 0 bridgehead atoms. The zero-order chi connectivity index (χ0) is 12.3. The largest absolute Gasteiger partial charge is 0.479 e. The second kappa shape index (κ2) is 4.80. The fourth-order valence-corrected chi connectivity index (χ4v) is 1.10. The predicted octanol–water partition coefficient (Wildman–Crippen LogP) is 2.10. The average molecular weight is 246 g/mol. The number of carboxylic acids is 1. The summed E-state index contributed by atoms with van der Waals surface area (Å²) in [6.07, 6.45) is -1.13. The first kappa shape index (κ1) is 12.3. The highest BCUT2D eigenvalue weighted by Gasteiger charge is 2.17.